The molecule has 3 aromatic heterocycles. The fourth-order valence-electron chi connectivity index (χ4n) is 11.0. The molecule has 9 aromatic rings. The van der Waals surface area contributed by atoms with Gasteiger partial charge in [-0.05, 0) is 111 Å². The van der Waals surface area contributed by atoms with Gasteiger partial charge in [-0.1, -0.05) is 126 Å². The van der Waals surface area contributed by atoms with Crippen LogP contribution in [0.2, 0.25) is 0 Å². The number of aromatic amines is 3. The normalized spacial score (nSPS) is 12.9. The molecule has 480 valence electrons. The minimum Gasteiger partial charge on any atom is -0.480 e. The number of aliphatic carboxylic acids is 3. The van der Waals surface area contributed by atoms with E-state index in [1.165, 1.54) is 56.1 Å². The van der Waals surface area contributed by atoms with Crippen LogP contribution in [0.1, 0.15) is 107 Å². The maximum atomic E-state index is 14.3. The first-order chi connectivity index (χ1) is 44.5. The van der Waals surface area contributed by atoms with Gasteiger partial charge in [0.1, 0.15) is 18.1 Å². The third-order valence-corrected chi connectivity index (χ3v) is 19.2. The van der Waals surface area contributed by atoms with E-state index in [2.05, 4.69) is 36.2 Å². The molecule has 0 aliphatic rings. The molecule has 0 bridgehead atoms. The lowest BCUT2D eigenvalue weighted by molar-refractivity contribution is -0.142. The Morgan fingerprint density at radius 2 is 0.677 bits per heavy atom. The highest BCUT2D eigenvalue weighted by Gasteiger charge is 2.36. The van der Waals surface area contributed by atoms with Crippen LogP contribution in [0.3, 0.4) is 0 Å². The van der Waals surface area contributed by atoms with E-state index in [4.69, 9.17) is 5.73 Å². The second-order valence-corrected chi connectivity index (χ2v) is 25.8. The van der Waals surface area contributed by atoms with E-state index < -0.39 is 91.0 Å². The predicted molar refractivity (Wildman–Crippen MR) is 354 cm³/mol. The number of carbonyl (C=O) groups is 10. The van der Waals surface area contributed by atoms with Crippen LogP contribution in [0.15, 0.2) is 175 Å². The highest BCUT2D eigenvalue weighted by atomic mass is 32.2. The van der Waals surface area contributed by atoms with E-state index in [9.17, 15) is 63.3 Å². The topological polar surface area (TPSA) is 353 Å². The van der Waals surface area contributed by atoms with Crippen molar-refractivity contribution < 1.29 is 63.3 Å². The molecule has 3 heterocycles. The van der Waals surface area contributed by atoms with Crippen molar-refractivity contribution >= 4 is 127 Å². The molecule has 0 saturated carbocycles. The van der Waals surface area contributed by atoms with Crippen molar-refractivity contribution in [2.45, 2.75) is 132 Å². The quantitative estimate of drug-likeness (QED) is 0.0175. The van der Waals surface area contributed by atoms with E-state index in [1.807, 2.05) is 54.6 Å². The van der Waals surface area contributed by atoms with Gasteiger partial charge in [-0.3, -0.25) is 33.6 Å². The number of carbonyl (C=O) groups excluding carboxylic acids is 7. The van der Waals surface area contributed by atoms with E-state index in [0.717, 1.165) is 14.7 Å². The zero-order chi connectivity index (χ0) is 66.5. The van der Waals surface area contributed by atoms with E-state index >= 15 is 0 Å². The van der Waals surface area contributed by atoms with Crippen LogP contribution < -0.4 is 27.0 Å². The summed E-state index contributed by atoms with van der Waals surface area (Å²) in [5.41, 5.74) is 9.62. The summed E-state index contributed by atoms with van der Waals surface area (Å²) in [4.78, 5) is 144. The van der Waals surface area contributed by atoms with Crippen LogP contribution in [-0.2, 0) is 52.8 Å². The fraction of sp³-hybridized carbons (Fsp3) is 0.246. The van der Waals surface area contributed by atoms with Crippen molar-refractivity contribution in [3.63, 3.8) is 0 Å². The maximum Gasteiger partial charge on any atom is 0.326 e. The second-order valence-electron chi connectivity index (χ2n) is 22.5. The first kappa shape index (κ1) is 67.6. The minimum atomic E-state index is -1.67. The number of fused-ring (bicyclic) bond motifs is 3. The van der Waals surface area contributed by atoms with Crippen molar-refractivity contribution in [1.29, 1.82) is 0 Å². The van der Waals surface area contributed by atoms with E-state index in [0.29, 0.717) is 81.2 Å². The van der Waals surface area contributed by atoms with Gasteiger partial charge in [-0.2, -0.15) is 0 Å². The van der Waals surface area contributed by atoms with Gasteiger partial charge in [0.2, 0.25) is 23.6 Å². The molecule has 3 unspecified atom stereocenters. The summed E-state index contributed by atoms with van der Waals surface area (Å²) < 4.78 is 0. The highest BCUT2D eigenvalue weighted by molar-refractivity contribution is 7.99. The largest absolute Gasteiger partial charge is 0.480 e. The van der Waals surface area contributed by atoms with Gasteiger partial charge in [-0.25, -0.2) is 14.4 Å². The number of hydrogen-bond acceptors (Lipinski definition) is 14. The second kappa shape index (κ2) is 30.6. The van der Waals surface area contributed by atoms with Gasteiger partial charge in [-0.15, -0.1) is 0 Å². The van der Waals surface area contributed by atoms with Crippen LogP contribution in [0.5, 0.6) is 0 Å². The summed E-state index contributed by atoms with van der Waals surface area (Å²) in [6.45, 7) is 3.79. The molecule has 9 rings (SSSR count). The molecule has 6 aromatic carbocycles. The number of rotatable bonds is 32. The molecule has 93 heavy (non-hydrogen) atoms. The lowest BCUT2D eigenvalue weighted by atomic mass is 9.82. The third kappa shape index (κ3) is 17.4. The van der Waals surface area contributed by atoms with Gasteiger partial charge < -0.3 is 57.3 Å². The molecule has 0 aliphatic heterocycles. The number of nitrogens with two attached hydrogens (primary N) is 1. The molecule has 0 spiro atoms. The summed E-state index contributed by atoms with van der Waals surface area (Å²) in [6, 6.07) is 38.0. The Bertz CT molecular complexity index is 3890. The van der Waals surface area contributed by atoms with Crippen molar-refractivity contribution in [1.82, 2.24) is 36.2 Å². The summed E-state index contributed by atoms with van der Waals surface area (Å²) in [6.07, 6.45) is -2.98. The first-order valence-electron chi connectivity index (χ1n) is 29.8. The number of hydrogen-bond donors (Lipinski definition) is 11. The van der Waals surface area contributed by atoms with Crippen LogP contribution in [0.4, 0.5) is 0 Å². The number of carboxylic acid groups (broad SMARTS) is 3. The molecule has 0 fully saturated rings. The van der Waals surface area contributed by atoms with Crippen LogP contribution in [0.25, 0.3) is 32.7 Å². The van der Waals surface area contributed by atoms with Gasteiger partial charge in [0.05, 0.1) is 21.6 Å². The Hall–Kier alpha value is -9.75. The lowest BCUT2D eigenvalue weighted by Gasteiger charge is -2.35. The number of Topliss-reactive ketones (excluding diaryl/α,β-unsaturated/α-hetero) is 3. The summed E-state index contributed by atoms with van der Waals surface area (Å²) >= 11 is 3.93. The molecule has 4 amide bonds. The number of aromatic nitrogens is 3. The van der Waals surface area contributed by atoms with Crippen LogP contribution >= 0.6 is 35.3 Å². The average Bonchev–Trinajstić information content (AvgIpc) is 1.71. The third-order valence-electron chi connectivity index (χ3n) is 16.0. The van der Waals surface area contributed by atoms with Crippen molar-refractivity contribution in [2.75, 3.05) is 6.54 Å². The number of benzene rings is 6. The number of ketones is 3. The minimum absolute atomic E-state index is 0.111. The fourth-order valence-corrected chi connectivity index (χ4v) is 14.0. The number of amides is 4. The SMILES string of the molecule is CC(=O)c1ccc(Sc2[nH]c3ccccc3c2CC(NC(=O)CCC(CCC(=O)NC(Cc2c(Sc3ccc(C(C)=O)cc3)[nH]c3ccccc23)C(=O)O)(CCC(=O)NC(Cc2c(Sc3ccc(C(C)=O)cc3)[nH]c3ccccc23)C(=O)O)NC(=O)CN)C(=O)O)cc1. The molecule has 0 saturated heterocycles. The number of nitrogens with one attached hydrogen (secondary N) is 7. The van der Waals surface area contributed by atoms with Gasteiger partial charge >= 0.3 is 17.9 Å². The standard InChI is InChI=1S/C69H68N8O13S3/c1-38(78)41-16-22-44(23-17-41)91-63-50(47-10-4-7-13-53(47)74-63)34-56(66(85)86)71-59(81)28-31-69(77-62(84)37-70,32-29-60(82)72-57(67(87)88)35-51-48-11-5-8-14-54(48)75-64(51)92-45-24-18-42(19-25-45)39(2)79)33-30-61(83)73-58(68(89)90)36-52-49-12-6-9-15-55(49)76-65(52)93-46-26-20-43(21-27-46)40(3)80/h4-27,56-58,74-76H,28-37,70H2,1-3H3,(H,71,81)(H,72,82)(H,73,83)(H,77,84)(H,85,86)(H,87,88)(H,89,90). The zero-order valence-corrected chi connectivity index (χ0v) is 53.3. The van der Waals surface area contributed by atoms with E-state index in [-0.39, 0.29) is 55.9 Å². The maximum absolute atomic E-state index is 14.3. The summed E-state index contributed by atoms with van der Waals surface area (Å²) in [5.74, 6) is -7.52. The summed E-state index contributed by atoms with van der Waals surface area (Å²) in [7, 11) is 0. The molecule has 21 nitrogen and oxygen atoms in total. The molecule has 12 N–H and O–H groups in total. The highest BCUT2D eigenvalue weighted by Crippen LogP contribution is 2.39. The van der Waals surface area contributed by atoms with Crippen molar-refractivity contribution in [2.24, 2.45) is 5.73 Å². The predicted octanol–water partition coefficient (Wildman–Crippen LogP) is 10.1. The molecule has 0 radical (unpaired) electrons. The lowest BCUT2D eigenvalue weighted by Crippen LogP contribution is -2.53. The van der Waals surface area contributed by atoms with Crippen LogP contribution in [-0.4, -0.2) is 119 Å². The average molecular weight is 1310 g/mol. The van der Waals surface area contributed by atoms with Crippen molar-refractivity contribution in [3.05, 3.63) is 179 Å². The van der Waals surface area contributed by atoms with Gasteiger partial charge in [0, 0.05) is 108 Å². The molecule has 3 atom stereocenters. The Balaban J connectivity index is 0.968. The Morgan fingerprint density at radius 1 is 0.409 bits per heavy atom. The number of para-hydroxylation sites is 3. The Morgan fingerprint density at radius 3 is 0.925 bits per heavy atom. The van der Waals surface area contributed by atoms with Gasteiger partial charge in [0.25, 0.3) is 0 Å². The molecule has 24 heteroatoms. The molecular weight excluding hydrogens is 1250 g/mol. The Kier molecular flexibility index (Phi) is 22.2. The van der Waals surface area contributed by atoms with Crippen molar-refractivity contribution in [3.8, 4) is 0 Å². The van der Waals surface area contributed by atoms with Gasteiger partial charge in [0.15, 0.2) is 17.3 Å². The zero-order valence-electron chi connectivity index (χ0n) is 50.9. The number of carboxylic acids is 3. The molecule has 0 aliphatic carbocycles. The number of H-pyrrole nitrogens is 3. The summed E-state index contributed by atoms with van der Waals surface area (Å²) in [5, 5.41) is 46.7. The van der Waals surface area contributed by atoms with E-state index in [1.54, 1.807) is 91.0 Å². The Labute approximate surface area is 546 Å². The smallest absolute Gasteiger partial charge is 0.326 e. The monoisotopic (exact) mass is 1310 g/mol. The first-order valence-corrected chi connectivity index (χ1v) is 32.2. The van der Waals surface area contributed by atoms with Crippen LogP contribution in [0, 0.1) is 0 Å². The molecular formula is C69H68N8O13S3.